The van der Waals surface area contributed by atoms with Crippen LogP contribution in [0, 0.1) is 0 Å². The molecular formula is C23H28ClN5O3. The number of rotatable bonds is 5. The lowest BCUT2D eigenvalue weighted by Crippen LogP contribution is -2.49. The van der Waals surface area contributed by atoms with E-state index in [2.05, 4.69) is 31.2 Å². The molecule has 0 spiro atoms. The van der Waals surface area contributed by atoms with Crippen molar-refractivity contribution in [2.75, 3.05) is 44.7 Å². The van der Waals surface area contributed by atoms with E-state index in [0.29, 0.717) is 23.4 Å². The molecular weight excluding hydrogens is 430 g/mol. The number of hydrogen-bond acceptors (Lipinski definition) is 6. The molecule has 170 valence electrons. The molecule has 1 amide bonds. The van der Waals surface area contributed by atoms with Crippen molar-refractivity contribution >= 4 is 23.2 Å². The summed E-state index contributed by atoms with van der Waals surface area (Å²) in [5.74, 6) is 0.198. The molecule has 0 aromatic carbocycles. The molecule has 3 aliphatic rings. The molecule has 1 atom stereocenters. The van der Waals surface area contributed by atoms with E-state index in [0.717, 1.165) is 74.5 Å². The smallest absolute Gasteiger partial charge is 0.269 e. The molecule has 0 bridgehead atoms. The number of carbonyl (C=O) groups excluding carboxylic acids is 1. The Hall–Kier alpha value is -2.42. The van der Waals surface area contributed by atoms with Crippen LogP contribution in [-0.2, 0) is 17.8 Å². The van der Waals surface area contributed by atoms with Crippen LogP contribution in [0.1, 0.15) is 46.1 Å². The molecule has 2 aliphatic heterocycles. The van der Waals surface area contributed by atoms with Gasteiger partial charge in [0.2, 0.25) is 0 Å². The number of anilines is 1. The minimum absolute atomic E-state index is 0.0773. The first-order valence-corrected chi connectivity index (χ1v) is 11.6. The van der Waals surface area contributed by atoms with Gasteiger partial charge in [0.25, 0.3) is 11.5 Å². The Morgan fingerprint density at radius 2 is 2.06 bits per heavy atom. The topological polar surface area (TPSA) is 90.6 Å². The number of carbonyl (C=O) groups is 1. The standard InChI is InChI=1S/C23H28ClN5O3/c1-25-23(31)18-4-5-20(21(24)26-18)29-8-6-28(7-9-29)12-16-11-19-15(13-32-16)10-17(14-2-3-14)22(30)27-19/h4-5,10,14,16H,2-3,6-9,11-13H2,1H3,(H,25,31)(H,27,30). The van der Waals surface area contributed by atoms with Gasteiger partial charge < -0.3 is 19.9 Å². The van der Waals surface area contributed by atoms with E-state index >= 15 is 0 Å². The minimum Gasteiger partial charge on any atom is -0.372 e. The maximum atomic E-state index is 12.4. The highest BCUT2D eigenvalue weighted by Crippen LogP contribution is 2.39. The molecule has 5 rings (SSSR count). The van der Waals surface area contributed by atoms with Gasteiger partial charge in [0.1, 0.15) is 5.69 Å². The Labute approximate surface area is 191 Å². The Morgan fingerprint density at radius 1 is 1.28 bits per heavy atom. The second-order valence-electron chi connectivity index (χ2n) is 8.84. The Balaban J connectivity index is 1.17. The lowest BCUT2D eigenvalue weighted by molar-refractivity contribution is 0.00272. The number of piperazine rings is 1. The van der Waals surface area contributed by atoms with Gasteiger partial charge in [0, 0.05) is 57.4 Å². The number of hydrogen-bond donors (Lipinski definition) is 2. The number of fused-ring (bicyclic) bond motifs is 1. The third kappa shape index (κ3) is 4.40. The summed E-state index contributed by atoms with van der Waals surface area (Å²) in [5.41, 5.74) is 4.34. The molecule has 8 nitrogen and oxygen atoms in total. The Bertz CT molecular complexity index is 1080. The summed E-state index contributed by atoms with van der Waals surface area (Å²) >= 11 is 6.36. The van der Waals surface area contributed by atoms with Crippen LogP contribution in [0.15, 0.2) is 23.0 Å². The van der Waals surface area contributed by atoms with Crippen LogP contribution in [-0.4, -0.2) is 66.7 Å². The van der Waals surface area contributed by atoms with E-state index in [4.69, 9.17) is 16.3 Å². The highest BCUT2D eigenvalue weighted by molar-refractivity contribution is 6.32. The van der Waals surface area contributed by atoms with Crippen molar-refractivity contribution in [3.8, 4) is 0 Å². The number of halogens is 1. The van der Waals surface area contributed by atoms with Crippen LogP contribution in [0.25, 0.3) is 0 Å². The fourth-order valence-electron chi connectivity index (χ4n) is 4.63. The van der Waals surface area contributed by atoms with Crippen LogP contribution in [0.5, 0.6) is 0 Å². The molecule has 32 heavy (non-hydrogen) atoms. The molecule has 2 aromatic rings. The van der Waals surface area contributed by atoms with E-state index in [-0.39, 0.29) is 17.6 Å². The minimum atomic E-state index is -0.248. The van der Waals surface area contributed by atoms with Crippen LogP contribution < -0.4 is 15.8 Å². The molecule has 1 unspecified atom stereocenters. The van der Waals surface area contributed by atoms with Gasteiger partial charge in [0.15, 0.2) is 5.15 Å². The fourth-order valence-corrected chi connectivity index (χ4v) is 4.90. The molecule has 1 saturated carbocycles. The number of aromatic amines is 1. The zero-order chi connectivity index (χ0) is 22.2. The first-order chi connectivity index (χ1) is 15.5. The number of H-pyrrole nitrogens is 1. The average molecular weight is 458 g/mol. The van der Waals surface area contributed by atoms with Crippen LogP contribution >= 0.6 is 11.6 Å². The second-order valence-corrected chi connectivity index (χ2v) is 9.20. The summed E-state index contributed by atoms with van der Waals surface area (Å²) in [7, 11) is 1.57. The van der Waals surface area contributed by atoms with Gasteiger partial charge in [-0.25, -0.2) is 4.98 Å². The van der Waals surface area contributed by atoms with Crippen molar-refractivity contribution in [3.63, 3.8) is 0 Å². The lowest BCUT2D eigenvalue weighted by atomic mass is 10.0. The highest BCUT2D eigenvalue weighted by atomic mass is 35.5. The van der Waals surface area contributed by atoms with Gasteiger partial charge in [-0.3, -0.25) is 14.5 Å². The van der Waals surface area contributed by atoms with E-state index < -0.39 is 0 Å². The predicted octanol–water partition coefficient (Wildman–Crippen LogP) is 1.92. The number of pyridine rings is 2. The molecule has 2 fully saturated rings. The Kier molecular flexibility index (Phi) is 5.92. The summed E-state index contributed by atoms with van der Waals surface area (Å²) < 4.78 is 6.13. The summed E-state index contributed by atoms with van der Waals surface area (Å²) in [4.78, 5) is 36.1. The normalized spacial score (nSPS) is 21.3. The largest absolute Gasteiger partial charge is 0.372 e. The SMILES string of the molecule is CNC(=O)c1ccc(N2CCN(CC3Cc4[nH]c(=O)c(C5CC5)cc4CO3)CC2)c(Cl)n1. The molecule has 2 aromatic heterocycles. The van der Waals surface area contributed by atoms with E-state index in [1.165, 1.54) is 0 Å². The van der Waals surface area contributed by atoms with Gasteiger partial charge in [-0.05, 0) is 42.5 Å². The molecule has 1 aliphatic carbocycles. The van der Waals surface area contributed by atoms with Crippen molar-refractivity contribution in [3.05, 3.63) is 56.2 Å². The van der Waals surface area contributed by atoms with Crippen molar-refractivity contribution in [1.82, 2.24) is 20.2 Å². The van der Waals surface area contributed by atoms with Gasteiger partial charge >= 0.3 is 0 Å². The number of nitrogens with one attached hydrogen (secondary N) is 2. The number of ether oxygens (including phenoxy) is 1. The van der Waals surface area contributed by atoms with Crippen molar-refractivity contribution < 1.29 is 9.53 Å². The van der Waals surface area contributed by atoms with Crippen LogP contribution in [0.2, 0.25) is 5.15 Å². The van der Waals surface area contributed by atoms with E-state index in [9.17, 15) is 9.59 Å². The van der Waals surface area contributed by atoms with Gasteiger partial charge in [-0.2, -0.15) is 0 Å². The molecule has 4 heterocycles. The van der Waals surface area contributed by atoms with Crippen molar-refractivity contribution in [2.45, 2.75) is 37.9 Å². The lowest BCUT2D eigenvalue weighted by Gasteiger charge is -2.38. The third-order valence-electron chi connectivity index (χ3n) is 6.63. The maximum absolute atomic E-state index is 12.4. The van der Waals surface area contributed by atoms with Crippen LogP contribution in [0.3, 0.4) is 0 Å². The zero-order valence-corrected chi connectivity index (χ0v) is 19.0. The fraction of sp³-hybridized carbons (Fsp3) is 0.522. The zero-order valence-electron chi connectivity index (χ0n) is 18.2. The highest BCUT2D eigenvalue weighted by Gasteiger charge is 2.30. The van der Waals surface area contributed by atoms with Gasteiger partial charge in [-0.15, -0.1) is 0 Å². The second kappa shape index (κ2) is 8.84. The molecule has 9 heteroatoms. The first-order valence-electron chi connectivity index (χ1n) is 11.2. The van der Waals surface area contributed by atoms with Crippen molar-refractivity contribution in [1.29, 1.82) is 0 Å². The van der Waals surface area contributed by atoms with Crippen molar-refractivity contribution in [2.24, 2.45) is 0 Å². The number of aromatic nitrogens is 2. The van der Waals surface area contributed by atoms with E-state index in [1.807, 2.05) is 6.07 Å². The van der Waals surface area contributed by atoms with Crippen LogP contribution in [0.4, 0.5) is 5.69 Å². The third-order valence-corrected chi connectivity index (χ3v) is 6.91. The quantitative estimate of drug-likeness (QED) is 0.667. The average Bonchev–Trinajstić information content (AvgIpc) is 3.64. The molecule has 1 saturated heterocycles. The summed E-state index contributed by atoms with van der Waals surface area (Å²) in [6.07, 6.45) is 3.06. The summed E-state index contributed by atoms with van der Waals surface area (Å²) in [5, 5.41) is 2.91. The Morgan fingerprint density at radius 3 is 2.75 bits per heavy atom. The molecule has 0 radical (unpaired) electrons. The summed E-state index contributed by atoms with van der Waals surface area (Å²) in [6, 6.07) is 5.63. The number of nitrogens with zero attached hydrogens (tertiary/aromatic N) is 3. The van der Waals surface area contributed by atoms with Gasteiger partial charge in [0.05, 0.1) is 18.4 Å². The number of amides is 1. The maximum Gasteiger partial charge on any atom is 0.269 e. The first kappa shape index (κ1) is 21.4. The monoisotopic (exact) mass is 457 g/mol. The summed E-state index contributed by atoms with van der Waals surface area (Å²) in [6.45, 7) is 4.82. The van der Waals surface area contributed by atoms with E-state index in [1.54, 1.807) is 13.1 Å². The molecule has 2 N–H and O–H groups in total. The van der Waals surface area contributed by atoms with Gasteiger partial charge in [-0.1, -0.05) is 11.6 Å². The predicted molar refractivity (Wildman–Crippen MR) is 123 cm³/mol.